The molecule has 0 aliphatic carbocycles. The van der Waals surface area contributed by atoms with Crippen molar-refractivity contribution in [1.82, 2.24) is 9.88 Å². The molecule has 1 aromatic heterocycles. The number of hydrogen-bond donors (Lipinski definition) is 1. The number of H-pyrrole nitrogens is 1. The van der Waals surface area contributed by atoms with Crippen molar-refractivity contribution in [2.24, 2.45) is 0 Å². The molecule has 23 heavy (non-hydrogen) atoms. The van der Waals surface area contributed by atoms with Crippen LogP contribution in [-0.4, -0.2) is 47.7 Å². The van der Waals surface area contributed by atoms with Gasteiger partial charge in [0.2, 0.25) is 0 Å². The van der Waals surface area contributed by atoms with Crippen LogP contribution in [0.3, 0.4) is 0 Å². The van der Waals surface area contributed by atoms with Crippen molar-refractivity contribution in [1.29, 1.82) is 0 Å². The zero-order valence-electron chi connectivity index (χ0n) is 14.0. The van der Waals surface area contributed by atoms with Crippen molar-refractivity contribution >= 4 is 12.1 Å². The third kappa shape index (κ3) is 6.99. The van der Waals surface area contributed by atoms with Gasteiger partial charge in [-0.05, 0) is 33.6 Å². The quantitative estimate of drug-likeness (QED) is 0.800. The molecular weight excluding hydrogens is 300 g/mol. The number of hydrogen-bond acceptors (Lipinski definition) is 5. The maximum atomic E-state index is 11.4. The highest BCUT2D eigenvalue weighted by Gasteiger charge is 2.23. The van der Waals surface area contributed by atoms with Crippen molar-refractivity contribution in [2.75, 3.05) is 20.2 Å². The van der Waals surface area contributed by atoms with Crippen molar-refractivity contribution in [3.63, 3.8) is 0 Å². The number of nitrogens with zero attached hydrogens (tertiary/aromatic N) is 1. The third-order valence-electron chi connectivity index (χ3n) is 2.94. The highest BCUT2D eigenvalue weighted by Crippen LogP contribution is 2.14. The number of pyridine rings is 1. The van der Waals surface area contributed by atoms with Crippen LogP contribution in [0.15, 0.2) is 23.1 Å². The van der Waals surface area contributed by atoms with Crippen molar-refractivity contribution in [2.45, 2.75) is 39.2 Å². The standard InChI is InChI=1S/C9H17NO2.C7H7NO3/c1-9(2,3)12-8(11)10-6-4-5-7-10;1-11-7(10)6-4-5(9)2-3-8-6/h4-7H2,1-3H3;2-4H,1H3,(H,8,9). The van der Waals surface area contributed by atoms with E-state index in [0.29, 0.717) is 0 Å². The highest BCUT2D eigenvalue weighted by atomic mass is 16.6. The number of amides is 1. The topological polar surface area (TPSA) is 88.7 Å². The molecule has 2 heterocycles. The van der Waals surface area contributed by atoms with Crippen LogP contribution in [0.1, 0.15) is 44.1 Å². The van der Waals surface area contributed by atoms with Gasteiger partial charge < -0.3 is 19.4 Å². The molecule has 1 aromatic rings. The van der Waals surface area contributed by atoms with E-state index in [4.69, 9.17) is 4.74 Å². The first-order chi connectivity index (χ1) is 10.7. The molecular formula is C16H24N2O5. The van der Waals surface area contributed by atoms with E-state index in [9.17, 15) is 14.4 Å². The monoisotopic (exact) mass is 324 g/mol. The molecule has 0 spiro atoms. The predicted molar refractivity (Wildman–Crippen MR) is 85.4 cm³/mol. The Morgan fingerprint density at radius 3 is 2.30 bits per heavy atom. The molecule has 0 radical (unpaired) electrons. The molecule has 1 N–H and O–H groups in total. The minimum absolute atomic E-state index is 0.167. The zero-order valence-corrected chi connectivity index (χ0v) is 14.0. The second-order valence-corrected chi connectivity index (χ2v) is 6.10. The van der Waals surface area contributed by atoms with Gasteiger partial charge >= 0.3 is 12.1 Å². The van der Waals surface area contributed by atoms with Crippen LogP contribution in [0.2, 0.25) is 0 Å². The van der Waals surface area contributed by atoms with Gasteiger partial charge in [0.05, 0.1) is 7.11 Å². The molecule has 128 valence electrons. The van der Waals surface area contributed by atoms with Gasteiger partial charge in [0.1, 0.15) is 11.3 Å². The molecule has 1 aliphatic heterocycles. The number of esters is 1. The second-order valence-electron chi connectivity index (χ2n) is 6.10. The maximum Gasteiger partial charge on any atom is 0.410 e. The van der Waals surface area contributed by atoms with Gasteiger partial charge in [0.15, 0.2) is 5.43 Å². The fourth-order valence-electron chi connectivity index (χ4n) is 1.90. The molecule has 0 unspecified atom stereocenters. The minimum Gasteiger partial charge on any atom is -0.464 e. The van der Waals surface area contributed by atoms with Crippen LogP contribution in [-0.2, 0) is 9.47 Å². The van der Waals surface area contributed by atoms with Gasteiger partial charge in [-0.25, -0.2) is 9.59 Å². The summed E-state index contributed by atoms with van der Waals surface area (Å²) in [6, 6.07) is 2.51. The van der Waals surface area contributed by atoms with Gasteiger partial charge in [-0.3, -0.25) is 4.79 Å². The molecule has 2 rings (SSSR count). The van der Waals surface area contributed by atoms with Gasteiger partial charge in [-0.1, -0.05) is 0 Å². The normalized spacial score (nSPS) is 13.8. The Labute approximate surface area is 135 Å². The predicted octanol–water partition coefficient (Wildman–Crippen LogP) is 2.18. The number of rotatable bonds is 1. The first-order valence-corrected chi connectivity index (χ1v) is 7.48. The first kappa shape index (κ1) is 18.7. The molecule has 0 aromatic carbocycles. The summed E-state index contributed by atoms with van der Waals surface area (Å²) in [6.07, 6.45) is 3.45. The lowest BCUT2D eigenvalue weighted by Crippen LogP contribution is -2.34. The van der Waals surface area contributed by atoms with E-state index in [2.05, 4.69) is 9.72 Å². The molecule has 1 aliphatic rings. The second kappa shape index (κ2) is 8.36. The molecule has 0 atom stereocenters. The zero-order chi connectivity index (χ0) is 17.5. The fourth-order valence-corrected chi connectivity index (χ4v) is 1.90. The highest BCUT2D eigenvalue weighted by molar-refractivity contribution is 5.86. The Balaban J connectivity index is 0.000000231. The van der Waals surface area contributed by atoms with Crippen LogP contribution in [0.25, 0.3) is 0 Å². The average molecular weight is 324 g/mol. The van der Waals surface area contributed by atoms with Crippen LogP contribution >= 0.6 is 0 Å². The molecule has 7 nitrogen and oxygen atoms in total. The van der Waals surface area contributed by atoms with Gasteiger partial charge in [-0.2, -0.15) is 0 Å². The lowest BCUT2D eigenvalue weighted by atomic mass is 10.2. The van der Waals surface area contributed by atoms with Crippen molar-refractivity contribution < 1.29 is 19.1 Å². The summed E-state index contributed by atoms with van der Waals surface area (Å²) < 4.78 is 9.59. The lowest BCUT2D eigenvalue weighted by molar-refractivity contribution is 0.0295. The van der Waals surface area contributed by atoms with Crippen LogP contribution in [0, 0.1) is 0 Å². The Bertz CT molecular complexity index is 583. The fraction of sp³-hybridized carbons (Fsp3) is 0.562. The van der Waals surface area contributed by atoms with E-state index in [1.165, 1.54) is 25.4 Å². The molecule has 7 heteroatoms. The molecule has 1 amide bonds. The smallest absolute Gasteiger partial charge is 0.410 e. The number of carbonyl (C=O) groups excluding carboxylic acids is 2. The average Bonchev–Trinajstić information content (AvgIpc) is 2.99. The number of aromatic nitrogens is 1. The number of likely N-dealkylation sites (tertiary alicyclic amines) is 1. The third-order valence-corrected chi connectivity index (χ3v) is 2.94. The number of ether oxygens (including phenoxy) is 2. The summed E-state index contributed by atoms with van der Waals surface area (Å²) in [5.41, 5.74) is -0.413. The molecule has 1 fully saturated rings. The minimum atomic E-state index is -0.539. The van der Waals surface area contributed by atoms with E-state index in [1.54, 1.807) is 4.90 Å². The first-order valence-electron chi connectivity index (χ1n) is 7.48. The summed E-state index contributed by atoms with van der Waals surface area (Å²) >= 11 is 0. The van der Waals surface area contributed by atoms with Gasteiger partial charge in [0, 0.05) is 31.4 Å². The Kier molecular flexibility index (Phi) is 6.81. The van der Waals surface area contributed by atoms with E-state index >= 15 is 0 Å². The number of aromatic amines is 1. The van der Waals surface area contributed by atoms with Crippen molar-refractivity contribution in [3.05, 3.63) is 34.2 Å². The Hall–Kier alpha value is -2.31. The number of carbonyl (C=O) groups is 2. The Morgan fingerprint density at radius 2 is 1.83 bits per heavy atom. The van der Waals surface area contributed by atoms with E-state index in [-0.39, 0.29) is 22.8 Å². The number of nitrogens with one attached hydrogen (secondary N) is 1. The van der Waals surface area contributed by atoms with Crippen LogP contribution in [0.5, 0.6) is 0 Å². The van der Waals surface area contributed by atoms with Crippen LogP contribution < -0.4 is 5.43 Å². The van der Waals surface area contributed by atoms with Gasteiger partial charge in [-0.15, -0.1) is 0 Å². The summed E-state index contributed by atoms with van der Waals surface area (Å²) in [4.78, 5) is 37.2. The summed E-state index contributed by atoms with van der Waals surface area (Å²) in [5, 5.41) is 0. The maximum absolute atomic E-state index is 11.4. The molecule has 0 bridgehead atoms. The van der Waals surface area contributed by atoms with Crippen LogP contribution in [0.4, 0.5) is 4.79 Å². The molecule has 1 saturated heterocycles. The SMILES string of the molecule is CC(C)(C)OC(=O)N1CCCC1.COC(=O)c1cc(=O)cc[nH]1. The van der Waals surface area contributed by atoms with Gasteiger partial charge in [0.25, 0.3) is 0 Å². The number of methoxy groups -OCH3 is 1. The van der Waals surface area contributed by atoms with E-state index in [0.717, 1.165) is 25.9 Å². The Morgan fingerprint density at radius 1 is 1.22 bits per heavy atom. The molecule has 0 saturated carbocycles. The largest absolute Gasteiger partial charge is 0.464 e. The van der Waals surface area contributed by atoms with E-state index < -0.39 is 5.97 Å². The summed E-state index contributed by atoms with van der Waals surface area (Å²) in [7, 11) is 1.26. The summed E-state index contributed by atoms with van der Waals surface area (Å²) in [5.74, 6) is -0.539. The van der Waals surface area contributed by atoms with Crippen molar-refractivity contribution in [3.8, 4) is 0 Å². The van der Waals surface area contributed by atoms with E-state index in [1.807, 2.05) is 20.8 Å². The summed E-state index contributed by atoms with van der Waals surface area (Å²) in [6.45, 7) is 7.38. The lowest BCUT2D eigenvalue weighted by Gasteiger charge is -2.23.